The molecule has 0 radical (unpaired) electrons. The highest BCUT2D eigenvalue weighted by molar-refractivity contribution is 5.74. The zero-order chi connectivity index (χ0) is 29.2. The van der Waals surface area contributed by atoms with Crippen LogP contribution in [-0.4, -0.2) is 48.9 Å². The van der Waals surface area contributed by atoms with Crippen molar-refractivity contribution in [2.24, 2.45) is 28.6 Å². The molecule has 0 N–H and O–H groups in total. The van der Waals surface area contributed by atoms with Gasteiger partial charge in [0.15, 0.2) is 0 Å². The number of allylic oxidation sites excluding steroid dienone is 1. The van der Waals surface area contributed by atoms with Crippen LogP contribution in [0.25, 0.3) is 0 Å². The predicted octanol–water partition coefficient (Wildman–Crippen LogP) is 5.52. The Balaban J connectivity index is 1.67. The van der Waals surface area contributed by atoms with Crippen molar-refractivity contribution in [2.45, 2.75) is 97.1 Å². The van der Waals surface area contributed by atoms with Crippen LogP contribution in [0.1, 0.15) is 78.7 Å². The summed E-state index contributed by atoms with van der Waals surface area (Å²) >= 11 is 0. The molecule has 2 saturated heterocycles. The molecule has 0 bridgehead atoms. The minimum atomic E-state index is -0.786. The van der Waals surface area contributed by atoms with E-state index in [1.165, 1.54) is 7.11 Å². The number of carbonyl (C=O) groups excluding carboxylic acids is 3. The molecule has 1 saturated carbocycles. The van der Waals surface area contributed by atoms with E-state index in [0.29, 0.717) is 6.42 Å². The molecule has 218 valence electrons. The van der Waals surface area contributed by atoms with Gasteiger partial charge < -0.3 is 23.4 Å². The fraction of sp³-hybridized carbons (Fsp3) is 0.656. The molecule has 1 aromatic heterocycles. The molecule has 0 unspecified atom stereocenters. The molecule has 0 spiro atoms. The van der Waals surface area contributed by atoms with Crippen molar-refractivity contribution in [3.05, 3.63) is 48.0 Å². The number of methoxy groups -OCH3 is 1. The maximum absolute atomic E-state index is 13.4. The van der Waals surface area contributed by atoms with E-state index in [1.54, 1.807) is 12.5 Å². The van der Waals surface area contributed by atoms with Crippen molar-refractivity contribution in [1.29, 1.82) is 0 Å². The van der Waals surface area contributed by atoms with Crippen molar-refractivity contribution >= 4 is 17.9 Å². The van der Waals surface area contributed by atoms with Gasteiger partial charge in [-0.1, -0.05) is 40.3 Å². The lowest BCUT2D eigenvalue weighted by atomic mass is 9.51. The quantitative estimate of drug-likeness (QED) is 0.321. The minimum Gasteiger partial charge on any atom is -0.472 e. The number of hydrogen-bond acceptors (Lipinski definition) is 8. The topological polar surface area (TPSA) is 101 Å². The van der Waals surface area contributed by atoms with Crippen LogP contribution in [0.2, 0.25) is 0 Å². The maximum atomic E-state index is 13.4. The Morgan fingerprint density at radius 3 is 2.52 bits per heavy atom. The number of esters is 3. The van der Waals surface area contributed by atoms with Gasteiger partial charge in [0.25, 0.3) is 0 Å². The second-order valence-electron chi connectivity index (χ2n) is 13.0. The first-order chi connectivity index (χ1) is 18.8. The number of ether oxygens (including phenoxy) is 4. The van der Waals surface area contributed by atoms with E-state index in [9.17, 15) is 14.4 Å². The van der Waals surface area contributed by atoms with Gasteiger partial charge in [-0.05, 0) is 49.5 Å². The third kappa shape index (κ3) is 4.08. The fourth-order valence-electron chi connectivity index (χ4n) is 8.30. The molecule has 0 aromatic carbocycles. The van der Waals surface area contributed by atoms with E-state index in [-0.39, 0.29) is 48.5 Å². The van der Waals surface area contributed by atoms with Crippen molar-refractivity contribution < 1.29 is 37.7 Å². The van der Waals surface area contributed by atoms with Crippen LogP contribution < -0.4 is 0 Å². The lowest BCUT2D eigenvalue weighted by Gasteiger charge is -2.53. The van der Waals surface area contributed by atoms with E-state index >= 15 is 0 Å². The van der Waals surface area contributed by atoms with Crippen molar-refractivity contribution in [1.82, 2.24) is 0 Å². The van der Waals surface area contributed by atoms with Crippen LogP contribution in [-0.2, 0) is 33.3 Å². The smallest absolute Gasteiger partial charge is 0.309 e. The third-order valence-electron chi connectivity index (χ3n) is 10.6. The van der Waals surface area contributed by atoms with Gasteiger partial charge >= 0.3 is 17.9 Å². The van der Waals surface area contributed by atoms with Gasteiger partial charge in [-0.25, -0.2) is 0 Å². The zero-order valence-electron chi connectivity index (χ0n) is 24.7. The Hall–Kier alpha value is -2.87. The Kier molecular flexibility index (Phi) is 7.09. The van der Waals surface area contributed by atoms with Crippen LogP contribution in [0.5, 0.6) is 0 Å². The minimum absolute atomic E-state index is 0.000993. The third-order valence-corrected chi connectivity index (χ3v) is 10.6. The number of cyclic esters (lactones) is 1. The molecule has 2 aliphatic carbocycles. The summed E-state index contributed by atoms with van der Waals surface area (Å²) in [6.07, 6.45) is 5.36. The Labute approximate surface area is 236 Å². The summed E-state index contributed by atoms with van der Waals surface area (Å²) in [6.45, 7) is 16.5. The normalized spacial score (nSPS) is 38.7. The highest BCUT2D eigenvalue weighted by Crippen LogP contribution is 2.68. The van der Waals surface area contributed by atoms with E-state index in [0.717, 1.165) is 23.1 Å². The van der Waals surface area contributed by atoms with E-state index in [2.05, 4.69) is 26.5 Å². The molecule has 8 heteroatoms. The highest BCUT2D eigenvalue weighted by Gasteiger charge is 2.71. The zero-order valence-corrected chi connectivity index (χ0v) is 24.7. The largest absolute Gasteiger partial charge is 0.472 e. The number of rotatable bonds is 7. The second-order valence-corrected chi connectivity index (χ2v) is 13.0. The lowest BCUT2D eigenvalue weighted by Crippen LogP contribution is -2.57. The Bertz CT molecular complexity index is 1230. The standard InChI is InChI=1S/C32H42O8/c1-9-17(2)29(35)39-28-27-26(18(3)20-10-11-21(31(20,28)6)19-12-13-37-16-19)32(7,23(38-27)15-24(33)36-8)22-14-25(34)40-30(22,4)5/h10,12-13,16-17,21-23,26-28H,3,9,11,14-15H2,1-2,4-8H3/t17-,21+,22+,23+,26-,27-,28+,31-,32-/m1/s1. The second kappa shape index (κ2) is 9.89. The van der Waals surface area contributed by atoms with Crippen LogP contribution in [0.3, 0.4) is 0 Å². The van der Waals surface area contributed by atoms with E-state index in [1.807, 2.05) is 33.8 Å². The first-order valence-electron chi connectivity index (χ1n) is 14.4. The van der Waals surface area contributed by atoms with Gasteiger partial charge in [0, 0.05) is 28.6 Å². The predicted molar refractivity (Wildman–Crippen MR) is 146 cm³/mol. The summed E-state index contributed by atoms with van der Waals surface area (Å²) in [5.41, 5.74) is 0.809. The first-order valence-corrected chi connectivity index (χ1v) is 14.4. The molecular formula is C32H42O8. The summed E-state index contributed by atoms with van der Waals surface area (Å²) in [5, 5.41) is 0. The van der Waals surface area contributed by atoms with Crippen LogP contribution >= 0.6 is 0 Å². The molecule has 3 heterocycles. The number of fused-ring (bicyclic) bond motifs is 2. The summed E-state index contributed by atoms with van der Waals surface area (Å²) in [6, 6.07) is 1.96. The Morgan fingerprint density at radius 2 is 1.95 bits per heavy atom. The van der Waals surface area contributed by atoms with E-state index in [4.69, 9.17) is 23.4 Å². The molecule has 9 atom stereocenters. The molecular weight excluding hydrogens is 512 g/mol. The lowest BCUT2D eigenvalue weighted by molar-refractivity contribution is -0.177. The number of carbonyl (C=O) groups is 3. The van der Waals surface area contributed by atoms with Crippen LogP contribution in [0.15, 0.2) is 46.8 Å². The molecule has 3 fully saturated rings. The van der Waals surface area contributed by atoms with Crippen LogP contribution in [0.4, 0.5) is 0 Å². The molecule has 8 nitrogen and oxygen atoms in total. The monoisotopic (exact) mass is 554 g/mol. The van der Waals surface area contributed by atoms with Gasteiger partial charge in [0.1, 0.15) is 17.8 Å². The van der Waals surface area contributed by atoms with Crippen molar-refractivity contribution in [3.63, 3.8) is 0 Å². The first kappa shape index (κ1) is 28.7. The maximum Gasteiger partial charge on any atom is 0.309 e. The average Bonchev–Trinajstić information content (AvgIpc) is 3.66. The van der Waals surface area contributed by atoms with Gasteiger partial charge in [-0.2, -0.15) is 0 Å². The summed E-state index contributed by atoms with van der Waals surface area (Å²) in [5.74, 6) is -1.85. The molecule has 0 amide bonds. The molecule has 2 aliphatic heterocycles. The molecule has 5 rings (SSSR count). The van der Waals surface area contributed by atoms with Crippen LogP contribution in [0, 0.1) is 28.6 Å². The van der Waals surface area contributed by atoms with Gasteiger partial charge in [-0.15, -0.1) is 0 Å². The SMILES string of the molecule is C=C1C2=CC[C@@H](c3ccoc3)[C@]2(C)[C@@H](OC(=O)[C@H](C)CC)[C@@H]2O[C@@H](CC(=O)OC)[C@@](C)([C@H]3CC(=O)OC3(C)C)[C@H]12. The summed E-state index contributed by atoms with van der Waals surface area (Å²) in [7, 11) is 1.36. The summed E-state index contributed by atoms with van der Waals surface area (Å²) in [4.78, 5) is 38.8. The molecule has 40 heavy (non-hydrogen) atoms. The van der Waals surface area contributed by atoms with Gasteiger partial charge in [-0.3, -0.25) is 14.4 Å². The average molecular weight is 555 g/mol. The number of furan rings is 1. The highest BCUT2D eigenvalue weighted by atomic mass is 16.6. The van der Waals surface area contributed by atoms with Gasteiger partial charge in [0.2, 0.25) is 0 Å². The number of hydrogen-bond donors (Lipinski definition) is 0. The molecule has 4 aliphatic rings. The fourth-order valence-corrected chi connectivity index (χ4v) is 8.30. The van der Waals surface area contributed by atoms with Crippen molar-refractivity contribution in [2.75, 3.05) is 7.11 Å². The summed E-state index contributed by atoms with van der Waals surface area (Å²) < 4.78 is 29.7. The van der Waals surface area contributed by atoms with Crippen molar-refractivity contribution in [3.8, 4) is 0 Å². The molecule has 1 aromatic rings. The Morgan fingerprint density at radius 1 is 1.23 bits per heavy atom. The van der Waals surface area contributed by atoms with Gasteiger partial charge in [0.05, 0.1) is 44.5 Å². The van der Waals surface area contributed by atoms with E-state index < -0.39 is 40.7 Å².